The molecule has 0 spiro atoms. The summed E-state index contributed by atoms with van der Waals surface area (Å²) in [5.41, 5.74) is 3.80. The summed E-state index contributed by atoms with van der Waals surface area (Å²) in [6, 6.07) is 6.64. The Morgan fingerprint density at radius 2 is 1.76 bits per heavy atom. The molecule has 0 aromatic heterocycles. The molecule has 3 rings (SSSR count). The Hall–Kier alpha value is 0.231. The molecule has 6 heteroatoms. The molecular formula is C19H33Cl2N2SiTi. The van der Waals surface area contributed by atoms with Gasteiger partial charge in [-0.1, -0.05) is 0 Å². The van der Waals surface area contributed by atoms with Gasteiger partial charge >= 0.3 is 160 Å². The molecule has 0 bridgehead atoms. The van der Waals surface area contributed by atoms with Crippen molar-refractivity contribution in [2.75, 3.05) is 18.0 Å². The Balaban J connectivity index is 2.15. The van der Waals surface area contributed by atoms with Crippen LogP contribution in [-0.2, 0) is 10.1 Å². The van der Waals surface area contributed by atoms with Gasteiger partial charge in [-0.25, -0.2) is 0 Å². The van der Waals surface area contributed by atoms with Crippen LogP contribution in [-0.4, -0.2) is 26.7 Å². The molecule has 1 aromatic rings. The molecule has 1 aliphatic heterocycles. The van der Waals surface area contributed by atoms with E-state index < -0.39 is 10.1 Å². The van der Waals surface area contributed by atoms with E-state index in [1.165, 1.54) is 29.7 Å². The minimum atomic E-state index is -4.97. The van der Waals surface area contributed by atoms with Gasteiger partial charge in [0.2, 0.25) is 0 Å². The molecule has 141 valence electrons. The van der Waals surface area contributed by atoms with Crippen LogP contribution in [0.1, 0.15) is 49.0 Å². The van der Waals surface area contributed by atoms with Crippen LogP contribution in [0.5, 0.6) is 0 Å². The number of halogens is 2. The molecule has 1 fully saturated rings. The second kappa shape index (κ2) is 4.79. The van der Waals surface area contributed by atoms with Crippen LogP contribution >= 0.6 is 18.6 Å². The van der Waals surface area contributed by atoms with Crippen molar-refractivity contribution in [3.8, 4) is 0 Å². The second-order valence-electron chi connectivity index (χ2n) is 11.6. The summed E-state index contributed by atoms with van der Waals surface area (Å²) in [5.74, 6) is 0. The van der Waals surface area contributed by atoms with E-state index in [-0.39, 0.29) is 9.76 Å². The molecule has 1 aliphatic carbocycles. The van der Waals surface area contributed by atoms with Crippen LogP contribution < -0.4 is 8.70 Å². The predicted octanol–water partition coefficient (Wildman–Crippen LogP) is 5.10. The fourth-order valence-electron chi connectivity index (χ4n) is 5.33. The van der Waals surface area contributed by atoms with Crippen molar-refractivity contribution < 1.29 is 10.1 Å². The van der Waals surface area contributed by atoms with Crippen molar-refractivity contribution in [2.24, 2.45) is 0 Å². The third-order valence-corrected chi connectivity index (χ3v) is 19.7. The number of hydrogen-bond acceptors (Lipinski definition) is 2. The number of fused-ring (bicyclic) bond motifs is 1. The molecule has 1 atom stereocenters. The standard InChI is InChI=1S/C13H14N.C4H10N.2CH3.2ClH.H3Si.Ti/c1-2-10-14(9-1)13-8-4-6-11-5-3-7-12(11)13;1-4(2,3)5;;;;;;/h3-8H,1-2,9-10H2;5H,1-3H3;2*1H3;2*1H;1H3;/q;-1;;;;;;+3/p-2. The summed E-state index contributed by atoms with van der Waals surface area (Å²) in [6.45, 7) is 8.77. The number of rotatable bonds is 3. The second-order valence-corrected chi connectivity index (χ2v) is 65.2. The molecular weight excluding hydrogens is 403 g/mol. The monoisotopic (exact) mass is 435 g/mol. The summed E-state index contributed by atoms with van der Waals surface area (Å²) in [4.78, 5) is 2.50. The van der Waals surface area contributed by atoms with Crippen LogP contribution in [0.15, 0.2) is 24.3 Å². The van der Waals surface area contributed by atoms with E-state index in [2.05, 4.69) is 70.3 Å². The Morgan fingerprint density at radius 1 is 1.16 bits per heavy atom. The van der Waals surface area contributed by atoms with Crippen molar-refractivity contribution in [3.63, 3.8) is 0 Å². The van der Waals surface area contributed by atoms with E-state index in [4.69, 9.17) is 18.6 Å². The first-order chi connectivity index (χ1) is 11.0. The molecule has 2 aliphatic rings. The molecule has 1 heterocycles. The molecule has 25 heavy (non-hydrogen) atoms. The zero-order valence-electron chi connectivity index (χ0n) is 16.5. The van der Waals surface area contributed by atoms with Gasteiger partial charge < -0.3 is 0 Å². The molecule has 1 N–H and O–H groups in total. The van der Waals surface area contributed by atoms with Crippen molar-refractivity contribution in [1.82, 2.24) is 3.80 Å². The topological polar surface area (TPSA) is 15.3 Å². The SMILES string of the molecule is CC(C)(C)[NH][Ti]([CH3])([CH3])([SiH3])([Cl])([Cl])[CH]1C=Cc2c1cccc2N1CCCC1. The van der Waals surface area contributed by atoms with E-state index in [9.17, 15) is 0 Å². The van der Waals surface area contributed by atoms with Crippen LogP contribution in [0.3, 0.4) is 0 Å². The average Bonchev–Trinajstić information content (AvgIpc) is 3.03. The Kier molecular flexibility index (Phi) is 3.83. The summed E-state index contributed by atoms with van der Waals surface area (Å²) in [7, 11) is 11.1. The first-order valence-electron chi connectivity index (χ1n) is 9.51. The van der Waals surface area contributed by atoms with Crippen molar-refractivity contribution in [3.05, 3.63) is 35.4 Å². The van der Waals surface area contributed by atoms with Gasteiger partial charge in [0.25, 0.3) is 0 Å². The van der Waals surface area contributed by atoms with Gasteiger partial charge in [-0.2, -0.15) is 0 Å². The molecule has 2 nitrogen and oxygen atoms in total. The third-order valence-electron chi connectivity index (χ3n) is 5.59. The van der Waals surface area contributed by atoms with Gasteiger partial charge in [0.15, 0.2) is 0 Å². The van der Waals surface area contributed by atoms with Gasteiger partial charge in [-0.3, -0.25) is 0 Å². The maximum atomic E-state index is 7.66. The Morgan fingerprint density at radius 3 is 2.32 bits per heavy atom. The van der Waals surface area contributed by atoms with Gasteiger partial charge in [-0.15, -0.1) is 0 Å². The van der Waals surface area contributed by atoms with E-state index >= 15 is 0 Å². The minimum absolute atomic E-state index is 0.0460. The first-order valence-corrected chi connectivity index (χ1v) is 24.3. The molecule has 0 amide bonds. The van der Waals surface area contributed by atoms with E-state index in [1.807, 2.05) is 0 Å². The summed E-state index contributed by atoms with van der Waals surface area (Å²) in [5, 5.41) is 4.32. The van der Waals surface area contributed by atoms with E-state index in [1.54, 1.807) is 0 Å². The van der Waals surface area contributed by atoms with Crippen molar-refractivity contribution in [1.29, 1.82) is 0 Å². The summed E-state index contributed by atoms with van der Waals surface area (Å²) >= 11 is 0. The van der Waals surface area contributed by atoms with Crippen molar-refractivity contribution in [2.45, 2.75) is 53.8 Å². The van der Waals surface area contributed by atoms with Crippen LogP contribution in [0.4, 0.5) is 5.69 Å². The third kappa shape index (κ3) is 3.93. The van der Waals surface area contributed by atoms with Crippen LogP contribution in [0, 0.1) is 0 Å². The van der Waals surface area contributed by atoms with Gasteiger partial charge in [-0.05, 0) is 0 Å². The number of hydrogen-bond donors (Lipinski definition) is 1. The van der Waals surface area contributed by atoms with Gasteiger partial charge in [0, 0.05) is 0 Å². The molecule has 0 saturated carbocycles. The average molecular weight is 436 g/mol. The Bertz CT molecular complexity index is 762. The predicted molar refractivity (Wildman–Crippen MR) is 116 cm³/mol. The van der Waals surface area contributed by atoms with E-state index in [0.29, 0.717) is 8.11 Å². The van der Waals surface area contributed by atoms with Gasteiger partial charge in [0.1, 0.15) is 0 Å². The normalized spacial score (nSPS) is 25.3. The number of allylic oxidation sites excluding steroid dienone is 1. The number of anilines is 1. The van der Waals surface area contributed by atoms with Crippen molar-refractivity contribution >= 4 is 38.5 Å². The zero-order valence-corrected chi connectivity index (χ0v) is 21.6. The summed E-state index contributed by atoms with van der Waals surface area (Å²) < 4.78 is 3.85. The maximum absolute atomic E-state index is 7.66. The number of nitrogens with zero attached hydrogens (tertiary/aromatic N) is 1. The first kappa shape index (κ1) is 20.0. The Labute approximate surface area is 159 Å². The molecule has 1 unspecified atom stereocenters. The van der Waals surface area contributed by atoms with Gasteiger partial charge in [0.05, 0.1) is 0 Å². The number of nitrogens with one attached hydrogen (secondary N) is 1. The van der Waals surface area contributed by atoms with Crippen LogP contribution in [0.2, 0.25) is 10.5 Å². The summed E-state index contributed by atoms with van der Waals surface area (Å²) in [6.07, 6.45) is 7.09. The number of benzene rings is 1. The quantitative estimate of drug-likeness (QED) is 0.664. The molecule has 0 radical (unpaired) electrons. The fraction of sp³-hybridized carbons (Fsp3) is 0.579. The molecule has 1 aromatic carbocycles. The van der Waals surface area contributed by atoms with Crippen LogP contribution in [0.25, 0.3) is 6.08 Å². The van der Waals surface area contributed by atoms with E-state index in [0.717, 1.165) is 13.1 Å². The molecule has 1 saturated heterocycles. The zero-order chi connectivity index (χ0) is 18.8. The fourth-order valence-corrected chi connectivity index (χ4v) is 23.6.